The minimum Gasteiger partial charge on any atom is -0.490 e. The van der Waals surface area contributed by atoms with Crippen molar-refractivity contribution in [3.05, 3.63) is 24.2 Å². The summed E-state index contributed by atoms with van der Waals surface area (Å²) in [6.07, 6.45) is 2.17. The third kappa shape index (κ3) is 5.75. The number of anilines is 3. The Morgan fingerprint density at radius 1 is 1.32 bits per heavy atom. The molecular weight excluding hydrogens is 410 g/mol. The van der Waals surface area contributed by atoms with Gasteiger partial charge in [-0.2, -0.15) is 19.0 Å². The predicted octanol–water partition coefficient (Wildman–Crippen LogP) is 3.76. The number of halogens is 2. The lowest BCUT2D eigenvalue weighted by Crippen LogP contribution is -2.33. The summed E-state index contributed by atoms with van der Waals surface area (Å²) in [5, 5.41) is 14.4. The first-order chi connectivity index (χ1) is 14.7. The van der Waals surface area contributed by atoms with Crippen LogP contribution < -0.4 is 20.1 Å². The summed E-state index contributed by atoms with van der Waals surface area (Å²) in [5.74, 6) is -3.80. The van der Waals surface area contributed by atoms with Crippen molar-refractivity contribution in [2.24, 2.45) is 5.92 Å². The van der Waals surface area contributed by atoms with Gasteiger partial charge in [-0.15, -0.1) is 0 Å². The number of carbonyl (C=O) groups excluding carboxylic acids is 1. The molecule has 11 heteroatoms. The van der Waals surface area contributed by atoms with E-state index in [0.29, 0.717) is 37.8 Å². The lowest BCUT2D eigenvalue weighted by molar-refractivity contribution is -0.114. The second-order valence-electron chi connectivity index (χ2n) is 7.15. The summed E-state index contributed by atoms with van der Waals surface area (Å²) >= 11 is 0. The van der Waals surface area contributed by atoms with E-state index in [-0.39, 0.29) is 35.4 Å². The fourth-order valence-electron chi connectivity index (χ4n) is 2.88. The van der Waals surface area contributed by atoms with Crippen molar-refractivity contribution in [2.45, 2.75) is 45.6 Å². The number of aromatic nitrogens is 3. The van der Waals surface area contributed by atoms with Gasteiger partial charge in [0.25, 0.3) is 0 Å². The highest BCUT2D eigenvalue weighted by molar-refractivity contribution is 5.88. The quantitative estimate of drug-likeness (QED) is 0.646. The Balaban J connectivity index is 1.91. The number of hydrogen-bond acceptors (Lipinski definition) is 8. The van der Waals surface area contributed by atoms with Crippen LogP contribution in [0, 0.1) is 17.2 Å². The Labute approximate surface area is 177 Å². The molecule has 3 rings (SSSR count). The maximum atomic E-state index is 14.0. The molecule has 2 aromatic rings. The van der Waals surface area contributed by atoms with E-state index in [1.165, 1.54) is 25.3 Å². The van der Waals surface area contributed by atoms with Gasteiger partial charge in [0, 0.05) is 38.8 Å². The Morgan fingerprint density at radius 2 is 2.06 bits per heavy atom. The van der Waals surface area contributed by atoms with Crippen molar-refractivity contribution in [3.63, 3.8) is 0 Å². The van der Waals surface area contributed by atoms with Gasteiger partial charge in [0.2, 0.25) is 17.6 Å². The average Bonchev–Trinajstić information content (AvgIpc) is 2.65. The Kier molecular flexibility index (Phi) is 6.48. The van der Waals surface area contributed by atoms with E-state index in [1.807, 2.05) is 0 Å². The lowest BCUT2D eigenvalue weighted by atomic mass is 9.83. The Morgan fingerprint density at radius 3 is 2.68 bits per heavy atom. The van der Waals surface area contributed by atoms with Crippen LogP contribution >= 0.6 is 0 Å². The zero-order valence-corrected chi connectivity index (χ0v) is 17.3. The van der Waals surface area contributed by atoms with Crippen LogP contribution in [0.25, 0.3) is 0 Å². The van der Waals surface area contributed by atoms with Gasteiger partial charge in [-0.3, -0.25) is 4.79 Å². The molecule has 0 bridgehead atoms. The smallest absolute Gasteiger partial charge is 0.304 e. The van der Waals surface area contributed by atoms with Gasteiger partial charge in [0.05, 0.1) is 30.5 Å². The first-order valence-corrected chi connectivity index (χ1v) is 9.69. The van der Waals surface area contributed by atoms with Crippen LogP contribution in [-0.2, 0) is 10.7 Å². The number of amides is 1. The number of alkyl halides is 2. The van der Waals surface area contributed by atoms with Gasteiger partial charge in [-0.25, -0.2) is 9.97 Å². The zero-order chi connectivity index (χ0) is 22.6. The number of carbonyl (C=O) groups is 1. The molecule has 0 spiro atoms. The first kappa shape index (κ1) is 22.1. The molecule has 2 N–H and O–H groups in total. The van der Waals surface area contributed by atoms with Crippen LogP contribution in [0.3, 0.4) is 0 Å². The summed E-state index contributed by atoms with van der Waals surface area (Å²) in [6, 6.07) is 5.03. The largest absolute Gasteiger partial charge is 0.490 e. The van der Waals surface area contributed by atoms with Crippen molar-refractivity contribution in [1.82, 2.24) is 15.0 Å². The van der Waals surface area contributed by atoms with E-state index in [0.717, 1.165) is 0 Å². The van der Waals surface area contributed by atoms with Crippen molar-refractivity contribution in [3.8, 4) is 17.7 Å². The number of hydrogen-bond donors (Lipinski definition) is 2. The highest BCUT2D eigenvalue weighted by Crippen LogP contribution is 2.34. The van der Waals surface area contributed by atoms with Gasteiger partial charge in [0.1, 0.15) is 17.7 Å². The third-order valence-electron chi connectivity index (χ3n) is 4.39. The summed E-state index contributed by atoms with van der Waals surface area (Å²) < 4.78 is 39.2. The predicted molar refractivity (Wildman–Crippen MR) is 107 cm³/mol. The van der Waals surface area contributed by atoms with Gasteiger partial charge >= 0.3 is 5.92 Å². The monoisotopic (exact) mass is 432 g/mol. The fraction of sp³-hybridized carbons (Fsp3) is 0.450. The number of rotatable bonds is 8. The van der Waals surface area contributed by atoms with Crippen molar-refractivity contribution in [2.75, 3.05) is 17.2 Å². The summed E-state index contributed by atoms with van der Waals surface area (Å²) in [5.41, 5.74) is 0.365. The molecule has 2 heterocycles. The van der Waals surface area contributed by atoms with Crippen LogP contribution in [0.1, 0.15) is 39.4 Å². The molecule has 0 saturated heterocycles. The van der Waals surface area contributed by atoms with E-state index in [4.69, 9.17) is 14.7 Å². The molecule has 31 heavy (non-hydrogen) atoms. The average molecular weight is 432 g/mol. The van der Waals surface area contributed by atoms with Crippen molar-refractivity contribution < 1.29 is 23.0 Å². The van der Waals surface area contributed by atoms with Crippen molar-refractivity contribution in [1.29, 1.82) is 5.26 Å². The number of ether oxygens (including phenoxy) is 2. The third-order valence-corrected chi connectivity index (χ3v) is 4.39. The van der Waals surface area contributed by atoms with Crippen LogP contribution in [0.4, 0.5) is 26.1 Å². The molecule has 1 saturated carbocycles. The van der Waals surface area contributed by atoms with E-state index in [9.17, 15) is 13.6 Å². The zero-order valence-electron chi connectivity index (χ0n) is 17.3. The fourth-order valence-corrected chi connectivity index (χ4v) is 2.88. The molecule has 0 radical (unpaired) electrons. The van der Waals surface area contributed by atoms with Gasteiger partial charge in [-0.05, 0) is 6.92 Å². The normalized spacial score (nSPS) is 17.8. The second-order valence-corrected chi connectivity index (χ2v) is 7.15. The van der Waals surface area contributed by atoms with E-state index < -0.39 is 11.7 Å². The van der Waals surface area contributed by atoms with E-state index in [2.05, 4.69) is 31.7 Å². The molecule has 164 valence electrons. The van der Waals surface area contributed by atoms with Gasteiger partial charge in [0.15, 0.2) is 5.75 Å². The lowest BCUT2D eigenvalue weighted by Gasteiger charge is -2.30. The van der Waals surface area contributed by atoms with E-state index in [1.54, 1.807) is 6.92 Å². The SMILES string of the molecule is CCOc1cnc(NC(C)=O)cc1Nc1cc(OC2CC(C#N)C2)nc(C(C)(F)F)n1. The highest BCUT2D eigenvalue weighted by Gasteiger charge is 2.33. The van der Waals surface area contributed by atoms with Gasteiger partial charge in [-0.1, -0.05) is 0 Å². The van der Waals surface area contributed by atoms with Gasteiger partial charge < -0.3 is 20.1 Å². The molecule has 1 aliphatic carbocycles. The van der Waals surface area contributed by atoms with Crippen LogP contribution in [0.15, 0.2) is 18.3 Å². The summed E-state index contributed by atoms with van der Waals surface area (Å²) in [7, 11) is 0. The second kappa shape index (κ2) is 9.07. The number of nitrogens with zero attached hydrogens (tertiary/aromatic N) is 4. The minimum absolute atomic E-state index is 0.0236. The van der Waals surface area contributed by atoms with Crippen molar-refractivity contribution >= 4 is 23.2 Å². The van der Waals surface area contributed by atoms with E-state index >= 15 is 0 Å². The van der Waals surface area contributed by atoms with Crippen LogP contribution in [0.2, 0.25) is 0 Å². The number of nitrogens with one attached hydrogen (secondary N) is 2. The maximum absolute atomic E-state index is 14.0. The first-order valence-electron chi connectivity index (χ1n) is 9.69. The summed E-state index contributed by atoms with van der Waals surface area (Å²) in [6.45, 7) is 4.16. The van der Waals surface area contributed by atoms with Crippen LogP contribution in [0.5, 0.6) is 11.6 Å². The molecule has 1 amide bonds. The molecule has 2 aromatic heterocycles. The molecule has 0 aromatic carbocycles. The number of pyridine rings is 1. The molecule has 0 aliphatic heterocycles. The Bertz CT molecular complexity index is 999. The molecular formula is C20H22F2N6O3. The standard InChI is InChI=1S/C20H22F2N6O3/c1-4-30-15-10-24-16(25-11(2)29)7-14(15)26-17-8-18(28-19(27-17)20(3,21)22)31-13-5-12(6-13)9-23/h7-8,10,12-13H,4-6H2,1-3H3,(H2,24,25,26,27,28,29). The topological polar surface area (TPSA) is 122 Å². The highest BCUT2D eigenvalue weighted by atomic mass is 19.3. The molecule has 9 nitrogen and oxygen atoms in total. The minimum atomic E-state index is -3.30. The summed E-state index contributed by atoms with van der Waals surface area (Å²) in [4.78, 5) is 23.2. The molecule has 1 aliphatic rings. The Hall–Kier alpha value is -3.55. The molecule has 0 unspecified atom stereocenters. The molecule has 1 fully saturated rings. The molecule has 0 atom stereocenters. The maximum Gasteiger partial charge on any atom is 0.304 e. The van der Waals surface area contributed by atoms with Crippen LogP contribution in [-0.4, -0.2) is 33.6 Å². The number of nitriles is 1.